The minimum absolute atomic E-state index is 0.172. The van der Waals surface area contributed by atoms with E-state index in [1.807, 2.05) is 13.0 Å². The summed E-state index contributed by atoms with van der Waals surface area (Å²) < 4.78 is 0. The fourth-order valence-electron chi connectivity index (χ4n) is 2.28. The second-order valence-electron chi connectivity index (χ2n) is 5.23. The van der Waals surface area contributed by atoms with E-state index in [2.05, 4.69) is 36.5 Å². The van der Waals surface area contributed by atoms with E-state index in [4.69, 9.17) is 0 Å². The molecule has 21 heavy (non-hydrogen) atoms. The Morgan fingerprint density at radius 2 is 1.67 bits per heavy atom. The van der Waals surface area contributed by atoms with Crippen molar-refractivity contribution in [2.24, 2.45) is 0 Å². The molecule has 0 aliphatic rings. The molecule has 0 saturated carbocycles. The molecule has 0 radical (unpaired) electrons. The van der Waals surface area contributed by atoms with Crippen LogP contribution in [0.25, 0.3) is 0 Å². The Hall–Kier alpha value is -2.36. The van der Waals surface area contributed by atoms with Gasteiger partial charge >= 0.3 is 0 Å². The lowest BCUT2D eigenvalue weighted by molar-refractivity contribution is -0.385. The largest absolute Gasteiger partial charge is 0.381 e. The van der Waals surface area contributed by atoms with Gasteiger partial charge < -0.3 is 5.32 Å². The summed E-state index contributed by atoms with van der Waals surface area (Å²) in [6.45, 7) is 6.49. The van der Waals surface area contributed by atoms with Crippen molar-refractivity contribution in [3.63, 3.8) is 0 Å². The van der Waals surface area contributed by atoms with Crippen molar-refractivity contribution in [2.45, 2.75) is 33.7 Å². The number of nitro benzene ring substituents is 1. The summed E-state index contributed by atoms with van der Waals surface area (Å²) in [7, 11) is 0. The van der Waals surface area contributed by atoms with Crippen molar-refractivity contribution in [1.29, 1.82) is 0 Å². The van der Waals surface area contributed by atoms with E-state index in [-0.39, 0.29) is 10.6 Å². The number of nitrogens with zero attached hydrogens (tertiary/aromatic N) is 1. The molecule has 0 aliphatic heterocycles. The molecular formula is C17H20N2O2. The molecule has 0 aromatic heterocycles. The summed E-state index contributed by atoms with van der Waals surface area (Å²) in [6, 6.07) is 11.9. The molecule has 0 atom stereocenters. The van der Waals surface area contributed by atoms with E-state index in [0.29, 0.717) is 12.1 Å². The molecule has 1 N–H and O–H groups in total. The maximum atomic E-state index is 10.9. The number of aryl methyl sites for hydroxylation is 3. The Morgan fingerprint density at radius 3 is 2.24 bits per heavy atom. The van der Waals surface area contributed by atoms with Gasteiger partial charge in [-0.1, -0.05) is 31.2 Å². The topological polar surface area (TPSA) is 55.2 Å². The van der Waals surface area contributed by atoms with Gasteiger partial charge in [0.05, 0.1) is 4.92 Å². The molecule has 0 saturated heterocycles. The van der Waals surface area contributed by atoms with Crippen LogP contribution in [0.3, 0.4) is 0 Å². The number of anilines is 1. The first-order valence-electron chi connectivity index (χ1n) is 7.08. The summed E-state index contributed by atoms with van der Waals surface area (Å²) >= 11 is 0. The van der Waals surface area contributed by atoms with Crippen molar-refractivity contribution < 1.29 is 4.92 Å². The van der Waals surface area contributed by atoms with E-state index in [1.165, 1.54) is 11.1 Å². The molecule has 2 rings (SSSR count). The number of nitro groups is 1. The fourth-order valence-corrected chi connectivity index (χ4v) is 2.28. The Bertz CT molecular complexity index is 649. The van der Waals surface area contributed by atoms with Crippen LogP contribution in [0, 0.1) is 24.0 Å². The lowest BCUT2D eigenvalue weighted by Gasteiger charge is -2.11. The van der Waals surface area contributed by atoms with Crippen LogP contribution < -0.4 is 5.32 Å². The SMILES string of the molecule is CCc1ccc(CNc2cc(C)c([N+](=O)[O-])cc2C)cc1. The summed E-state index contributed by atoms with van der Waals surface area (Å²) in [4.78, 5) is 10.6. The van der Waals surface area contributed by atoms with Gasteiger partial charge in [-0.15, -0.1) is 0 Å². The van der Waals surface area contributed by atoms with Gasteiger partial charge in [0.15, 0.2) is 0 Å². The van der Waals surface area contributed by atoms with E-state index in [1.54, 1.807) is 13.0 Å². The molecule has 2 aromatic rings. The van der Waals surface area contributed by atoms with Crippen molar-refractivity contribution >= 4 is 11.4 Å². The van der Waals surface area contributed by atoms with Crippen LogP contribution in [-0.2, 0) is 13.0 Å². The zero-order valence-electron chi connectivity index (χ0n) is 12.6. The second-order valence-corrected chi connectivity index (χ2v) is 5.23. The Morgan fingerprint density at radius 1 is 1.05 bits per heavy atom. The molecule has 0 fully saturated rings. The quantitative estimate of drug-likeness (QED) is 0.654. The summed E-state index contributed by atoms with van der Waals surface area (Å²) in [5.74, 6) is 0. The highest BCUT2D eigenvalue weighted by atomic mass is 16.6. The molecule has 0 amide bonds. The molecule has 0 unspecified atom stereocenters. The van der Waals surface area contributed by atoms with Crippen LogP contribution in [0.1, 0.15) is 29.2 Å². The zero-order chi connectivity index (χ0) is 15.4. The van der Waals surface area contributed by atoms with Crippen LogP contribution in [0.2, 0.25) is 0 Å². The monoisotopic (exact) mass is 284 g/mol. The molecule has 0 aliphatic carbocycles. The first-order chi connectivity index (χ1) is 10.0. The van der Waals surface area contributed by atoms with Gasteiger partial charge in [-0.05, 0) is 43.0 Å². The molecule has 0 spiro atoms. The Labute approximate surface area is 125 Å². The number of hydrogen-bond donors (Lipinski definition) is 1. The predicted octanol–water partition coefficient (Wildman–Crippen LogP) is 4.39. The molecule has 110 valence electrons. The summed E-state index contributed by atoms with van der Waals surface area (Å²) in [6.07, 6.45) is 1.04. The fraction of sp³-hybridized carbons (Fsp3) is 0.294. The van der Waals surface area contributed by atoms with Gasteiger partial charge in [-0.3, -0.25) is 10.1 Å². The molecule has 2 aromatic carbocycles. The number of benzene rings is 2. The minimum Gasteiger partial charge on any atom is -0.381 e. The molecular weight excluding hydrogens is 264 g/mol. The zero-order valence-corrected chi connectivity index (χ0v) is 12.6. The molecule has 0 heterocycles. The van der Waals surface area contributed by atoms with E-state index < -0.39 is 0 Å². The van der Waals surface area contributed by atoms with Gasteiger partial charge in [-0.25, -0.2) is 0 Å². The van der Waals surface area contributed by atoms with Crippen LogP contribution in [0.15, 0.2) is 36.4 Å². The van der Waals surface area contributed by atoms with Gasteiger partial charge in [0, 0.05) is 23.9 Å². The third-order valence-corrected chi connectivity index (χ3v) is 3.65. The van der Waals surface area contributed by atoms with Gasteiger partial charge in [0.2, 0.25) is 0 Å². The van der Waals surface area contributed by atoms with E-state index >= 15 is 0 Å². The minimum atomic E-state index is -0.338. The number of rotatable bonds is 5. The average Bonchev–Trinajstić information content (AvgIpc) is 2.48. The third-order valence-electron chi connectivity index (χ3n) is 3.65. The lowest BCUT2D eigenvalue weighted by Crippen LogP contribution is -2.03. The van der Waals surface area contributed by atoms with Crippen LogP contribution in [-0.4, -0.2) is 4.92 Å². The molecule has 4 nitrogen and oxygen atoms in total. The van der Waals surface area contributed by atoms with Crippen LogP contribution >= 0.6 is 0 Å². The van der Waals surface area contributed by atoms with E-state index in [9.17, 15) is 10.1 Å². The highest BCUT2D eigenvalue weighted by Gasteiger charge is 2.13. The predicted molar refractivity (Wildman–Crippen MR) is 85.7 cm³/mol. The Kier molecular flexibility index (Phi) is 4.58. The van der Waals surface area contributed by atoms with E-state index in [0.717, 1.165) is 17.7 Å². The maximum absolute atomic E-state index is 10.9. The maximum Gasteiger partial charge on any atom is 0.272 e. The number of nitrogens with one attached hydrogen (secondary N) is 1. The number of hydrogen-bond acceptors (Lipinski definition) is 3. The first-order valence-corrected chi connectivity index (χ1v) is 7.08. The van der Waals surface area contributed by atoms with Crippen LogP contribution in [0.4, 0.5) is 11.4 Å². The van der Waals surface area contributed by atoms with Gasteiger partial charge in [-0.2, -0.15) is 0 Å². The van der Waals surface area contributed by atoms with Crippen molar-refractivity contribution in [1.82, 2.24) is 0 Å². The van der Waals surface area contributed by atoms with Crippen LogP contribution in [0.5, 0.6) is 0 Å². The summed E-state index contributed by atoms with van der Waals surface area (Å²) in [5, 5.41) is 14.3. The average molecular weight is 284 g/mol. The highest BCUT2D eigenvalue weighted by molar-refractivity contribution is 5.59. The second kappa shape index (κ2) is 6.39. The summed E-state index contributed by atoms with van der Waals surface area (Å²) in [5.41, 5.74) is 5.19. The molecule has 0 bridgehead atoms. The standard InChI is InChI=1S/C17H20N2O2/c1-4-14-5-7-15(8-6-14)11-18-16-9-13(3)17(19(20)21)10-12(16)2/h5-10,18H,4,11H2,1-3H3. The highest BCUT2D eigenvalue weighted by Crippen LogP contribution is 2.26. The normalized spacial score (nSPS) is 10.4. The van der Waals surface area contributed by atoms with Crippen molar-refractivity contribution in [3.8, 4) is 0 Å². The van der Waals surface area contributed by atoms with Gasteiger partial charge in [0.25, 0.3) is 5.69 Å². The van der Waals surface area contributed by atoms with Crippen molar-refractivity contribution in [3.05, 3.63) is 68.8 Å². The molecule has 4 heteroatoms. The lowest BCUT2D eigenvalue weighted by atomic mass is 10.1. The Balaban J connectivity index is 2.12. The van der Waals surface area contributed by atoms with Crippen molar-refractivity contribution in [2.75, 3.05) is 5.32 Å². The smallest absolute Gasteiger partial charge is 0.272 e. The first kappa shape index (κ1) is 15.0. The third kappa shape index (κ3) is 3.60. The van der Waals surface area contributed by atoms with Gasteiger partial charge in [0.1, 0.15) is 0 Å².